The maximum atomic E-state index is 12.2. The Hall–Kier alpha value is -1.22. The summed E-state index contributed by atoms with van der Waals surface area (Å²) in [7, 11) is 0. The highest BCUT2D eigenvalue weighted by Crippen LogP contribution is 2.17. The number of hydrogen-bond donors (Lipinski definition) is 2. The molecule has 0 aromatic heterocycles. The van der Waals surface area contributed by atoms with Crippen molar-refractivity contribution in [3.05, 3.63) is 28.8 Å². The molecule has 1 unspecified atom stereocenters. The smallest absolute Gasteiger partial charge is 0.251 e. The van der Waals surface area contributed by atoms with Crippen molar-refractivity contribution in [1.82, 2.24) is 5.32 Å². The normalized spacial score (nSPS) is 12.2. The maximum absolute atomic E-state index is 12.2. The molecule has 3 N–H and O–H groups in total. The first-order valence-corrected chi connectivity index (χ1v) is 7.31. The maximum Gasteiger partial charge on any atom is 0.251 e. The molecular weight excluding hydrogens is 260 g/mol. The van der Waals surface area contributed by atoms with Crippen molar-refractivity contribution >= 4 is 23.2 Å². The van der Waals surface area contributed by atoms with Crippen molar-refractivity contribution in [3.63, 3.8) is 0 Å². The van der Waals surface area contributed by atoms with Gasteiger partial charge in [0, 0.05) is 22.3 Å². The Labute approximate surface area is 120 Å². The van der Waals surface area contributed by atoms with Gasteiger partial charge in [0.15, 0.2) is 0 Å². The second-order valence-electron chi connectivity index (χ2n) is 4.87. The zero-order chi connectivity index (χ0) is 14.3. The summed E-state index contributed by atoms with van der Waals surface area (Å²) in [6, 6.07) is 5.18. The molecule has 0 saturated heterocycles. The third-order valence-electron chi connectivity index (χ3n) is 3.06. The van der Waals surface area contributed by atoms with Crippen molar-refractivity contribution in [2.24, 2.45) is 0 Å². The van der Waals surface area contributed by atoms with Gasteiger partial charge in [0.2, 0.25) is 0 Å². The van der Waals surface area contributed by atoms with Crippen molar-refractivity contribution in [2.75, 3.05) is 5.73 Å². The molecule has 0 bridgehead atoms. The van der Waals surface area contributed by atoms with Gasteiger partial charge in [-0.15, -0.1) is 0 Å². The summed E-state index contributed by atoms with van der Waals surface area (Å²) < 4.78 is 0. The highest BCUT2D eigenvalue weighted by molar-refractivity contribution is 6.31. The zero-order valence-corrected chi connectivity index (χ0v) is 12.5. The van der Waals surface area contributed by atoms with E-state index in [0.717, 1.165) is 32.1 Å². The molecule has 0 saturated carbocycles. The minimum absolute atomic E-state index is 0.0937. The molecule has 0 aliphatic carbocycles. The van der Waals surface area contributed by atoms with Gasteiger partial charge in [0.05, 0.1) is 0 Å². The van der Waals surface area contributed by atoms with Crippen LogP contribution < -0.4 is 11.1 Å². The van der Waals surface area contributed by atoms with Crippen LogP contribution in [0.15, 0.2) is 18.2 Å². The SMILES string of the molecule is CCCCC(CCC)NC(=O)c1cc(N)cc(Cl)c1. The number of hydrogen-bond acceptors (Lipinski definition) is 2. The average Bonchev–Trinajstić information content (AvgIpc) is 2.35. The van der Waals surface area contributed by atoms with E-state index in [4.69, 9.17) is 17.3 Å². The molecule has 0 radical (unpaired) electrons. The summed E-state index contributed by atoms with van der Waals surface area (Å²) in [5.41, 5.74) is 6.74. The molecule has 3 nitrogen and oxygen atoms in total. The minimum Gasteiger partial charge on any atom is -0.399 e. The predicted octanol–water partition coefficient (Wildman–Crippen LogP) is 4.01. The second kappa shape index (κ2) is 8.05. The monoisotopic (exact) mass is 282 g/mol. The third-order valence-corrected chi connectivity index (χ3v) is 3.28. The topological polar surface area (TPSA) is 55.1 Å². The number of nitrogen functional groups attached to an aromatic ring is 1. The fraction of sp³-hybridized carbons (Fsp3) is 0.533. The summed E-state index contributed by atoms with van der Waals surface area (Å²) in [5, 5.41) is 3.56. The molecule has 106 valence electrons. The minimum atomic E-state index is -0.0937. The molecule has 0 fully saturated rings. The number of nitrogens with two attached hydrogens (primary N) is 1. The van der Waals surface area contributed by atoms with Crippen molar-refractivity contribution < 1.29 is 4.79 Å². The Kier molecular flexibility index (Phi) is 6.71. The fourth-order valence-electron chi connectivity index (χ4n) is 2.10. The number of carbonyl (C=O) groups is 1. The van der Waals surface area contributed by atoms with Gasteiger partial charge in [-0.05, 0) is 31.0 Å². The molecule has 19 heavy (non-hydrogen) atoms. The summed E-state index contributed by atoms with van der Waals surface area (Å²) >= 11 is 5.92. The number of amides is 1. The van der Waals surface area contributed by atoms with Crippen LogP contribution in [0.5, 0.6) is 0 Å². The van der Waals surface area contributed by atoms with Gasteiger partial charge in [-0.25, -0.2) is 0 Å². The fourth-order valence-corrected chi connectivity index (χ4v) is 2.34. The lowest BCUT2D eigenvalue weighted by Crippen LogP contribution is -2.34. The van der Waals surface area contributed by atoms with E-state index in [-0.39, 0.29) is 11.9 Å². The first-order valence-electron chi connectivity index (χ1n) is 6.93. The van der Waals surface area contributed by atoms with E-state index in [2.05, 4.69) is 19.2 Å². The van der Waals surface area contributed by atoms with Crippen molar-refractivity contribution in [1.29, 1.82) is 0 Å². The lowest BCUT2D eigenvalue weighted by molar-refractivity contribution is 0.0932. The van der Waals surface area contributed by atoms with Crippen LogP contribution >= 0.6 is 11.6 Å². The lowest BCUT2D eigenvalue weighted by atomic mass is 10.0. The van der Waals surface area contributed by atoms with E-state index in [0.29, 0.717) is 16.3 Å². The Balaban J connectivity index is 2.69. The van der Waals surface area contributed by atoms with Crippen LogP contribution in [0.25, 0.3) is 0 Å². The Morgan fingerprint density at radius 2 is 2.00 bits per heavy atom. The van der Waals surface area contributed by atoms with Crippen LogP contribution in [0.3, 0.4) is 0 Å². The standard InChI is InChI=1S/C15H23ClN2O/c1-3-5-7-14(6-4-2)18-15(19)11-8-12(16)10-13(17)9-11/h8-10,14H,3-7,17H2,1-2H3,(H,18,19). The third kappa shape index (κ3) is 5.52. The van der Waals surface area contributed by atoms with Crippen LogP contribution in [-0.2, 0) is 0 Å². The number of anilines is 1. The van der Waals surface area contributed by atoms with Crippen LogP contribution in [0.4, 0.5) is 5.69 Å². The molecule has 0 spiro atoms. The van der Waals surface area contributed by atoms with E-state index < -0.39 is 0 Å². The van der Waals surface area contributed by atoms with Crippen LogP contribution in [0.2, 0.25) is 5.02 Å². The Bertz CT molecular complexity index is 400. The van der Waals surface area contributed by atoms with Gasteiger partial charge in [-0.3, -0.25) is 4.79 Å². The molecule has 1 rings (SSSR count). The Morgan fingerprint density at radius 3 is 2.58 bits per heavy atom. The molecule has 1 atom stereocenters. The van der Waals surface area contributed by atoms with Gasteiger partial charge in [0.1, 0.15) is 0 Å². The summed E-state index contributed by atoms with van der Waals surface area (Å²) in [4.78, 5) is 12.2. The highest BCUT2D eigenvalue weighted by Gasteiger charge is 2.13. The summed E-state index contributed by atoms with van der Waals surface area (Å²) in [6.07, 6.45) is 5.35. The molecule has 0 heterocycles. The van der Waals surface area contributed by atoms with E-state index in [9.17, 15) is 4.79 Å². The first kappa shape index (κ1) is 15.8. The van der Waals surface area contributed by atoms with E-state index in [1.165, 1.54) is 0 Å². The number of rotatable bonds is 7. The molecule has 1 aromatic carbocycles. The summed E-state index contributed by atoms with van der Waals surface area (Å²) in [5.74, 6) is -0.0937. The second-order valence-corrected chi connectivity index (χ2v) is 5.31. The van der Waals surface area contributed by atoms with Crippen LogP contribution in [0, 0.1) is 0 Å². The van der Waals surface area contributed by atoms with Crippen molar-refractivity contribution in [3.8, 4) is 0 Å². The molecule has 0 aliphatic rings. The Morgan fingerprint density at radius 1 is 1.26 bits per heavy atom. The number of nitrogens with one attached hydrogen (secondary N) is 1. The van der Waals surface area contributed by atoms with E-state index in [1.54, 1.807) is 18.2 Å². The number of unbranched alkanes of at least 4 members (excludes halogenated alkanes) is 1. The van der Waals surface area contributed by atoms with Gasteiger partial charge in [0.25, 0.3) is 5.91 Å². The number of carbonyl (C=O) groups excluding carboxylic acids is 1. The van der Waals surface area contributed by atoms with Gasteiger partial charge < -0.3 is 11.1 Å². The largest absolute Gasteiger partial charge is 0.399 e. The molecule has 0 aliphatic heterocycles. The van der Waals surface area contributed by atoms with Crippen molar-refractivity contribution in [2.45, 2.75) is 52.0 Å². The van der Waals surface area contributed by atoms with Gasteiger partial charge in [-0.1, -0.05) is 44.7 Å². The van der Waals surface area contributed by atoms with Crippen LogP contribution in [0.1, 0.15) is 56.3 Å². The van der Waals surface area contributed by atoms with E-state index >= 15 is 0 Å². The number of halogens is 1. The average molecular weight is 283 g/mol. The molecule has 4 heteroatoms. The summed E-state index contributed by atoms with van der Waals surface area (Å²) in [6.45, 7) is 4.28. The quantitative estimate of drug-likeness (QED) is 0.743. The molecular formula is C15H23ClN2O. The van der Waals surface area contributed by atoms with Gasteiger partial charge >= 0.3 is 0 Å². The lowest BCUT2D eigenvalue weighted by Gasteiger charge is -2.18. The molecule has 1 amide bonds. The highest BCUT2D eigenvalue weighted by atomic mass is 35.5. The molecule has 1 aromatic rings. The zero-order valence-electron chi connectivity index (χ0n) is 11.7. The number of benzene rings is 1. The van der Waals surface area contributed by atoms with Gasteiger partial charge in [-0.2, -0.15) is 0 Å². The first-order chi connectivity index (χ1) is 9.06. The van der Waals surface area contributed by atoms with E-state index in [1.807, 2.05) is 0 Å². The van der Waals surface area contributed by atoms with Crippen LogP contribution in [-0.4, -0.2) is 11.9 Å². The predicted molar refractivity (Wildman–Crippen MR) is 81.6 cm³/mol.